The first-order valence-corrected chi connectivity index (χ1v) is 19.4. The number of nitrogens with zero attached hydrogens (tertiary/aromatic N) is 1. The SMILES string of the molecule is CC1(c2ccccc2)c2ccccc2-c2c(N(c3ccc4ccccc4c3)c3ccccc3-c3cccc4cccc(C5CCCCC5)c34)cccc21. The van der Waals surface area contributed by atoms with Crippen LogP contribution >= 0.6 is 0 Å². The molecule has 256 valence electrons. The molecule has 53 heavy (non-hydrogen) atoms. The molecule has 0 N–H and O–H groups in total. The summed E-state index contributed by atoms with van der Waals surface area (Å²) in [5, 5.41) is 5.22. The summed E-state index contributed by atoms with van der Waals surface area (Å²) in [6, 6.07) is 65.8. The van der Waals surface area contributed by atoms with Crippen LogP contribution in [0.5, 0.6) is 0 Å². The van der Waals surface area contributed by atoms with Gasteiger partial charge in [0.25, 0.3) is 0 Å². The van der Waals surface area contributed by atoms with E-state index in [9.17, 15) is 0 Å². The van der Waals surface area contributed by atoms with Crippen LogP contribution in [-0.4, -0.2) is 0 Å². The number of fused-ring (bicyclic) bond motifs is 5. The summed E-state index contributed by atoms with van der Waals surface area (Å²) >= 11 is 0. The molecule has 0 aliphatic heterocycles. The Morgan fingerprint density at radius 3 is 1.94 bits per heavy atom. The number of anilines is 3. The van der Waals surface area contributed by atoms with Crippen LogP contribution in [0.15, 0.2) is 176 Å². The molecule has 0 saturated heterocycles. The van der Waals surface area contributed by atoms with E-state index < -0.39 is 0 Å². The fourth-order valence-corrected chi connectivity index (χ4v) is 9.76. The minimum Gasteiger partial charge on any atom is -0.309 e. The van der Waals surface area contributed by atoms with E-state index in [1.54, 1.807) is 0 Å². The van der Waals surface area contributed by atoms with E-state index in [1.165, 1.54) is 110 Å². The van der Waals surface area contributed by atoms with Gasteiger partial charge >= 0.3 is 0 Å². The van der Waals surface area contributed by atoms with E-state index in [2.05, 4.69) is 188 Å². The predicted molar refractivity (Wildman–Crippen MR) is 225 cm³/mol. The molecule has 1 saturated carbocycles. The zero-order valence-corrected chi connectivity index (χ0v) is 30.3. The molecule has 0 bridgehead atoms. The molecule has 0 radical (unpaired) electrons. The standard InChI is InChI=1S/C52H43N/c1-52(40-23-6-3-7-24-40)46-29-12-10-26-45(46)51-47(52)30-16-32-49(51)53(41-34-33-36-17-8-9-20-39(36)35-41)48-31-13-11-25-43(48)44-28-15-22-38-21-14-27-42(50(38)44)37-18-4-2-5-19-37/h3,6-17,20-35,37H,2,4-5,18-19H2,1H3. The van der Waals surface area contributed by atoms with Gasteiger partial charge in [-0.25, -0.2) is 0 Å². The largest absolute Gasteiger partial charge is 0.309 e. The Morgan fingerprint density at radius 1 is 0.472 bits per heavy atom. The highest BCUT2D eigenvalue weighted by molar-refractivity contribution is 6.05. The van der Waals surface area contributed by atoms with Crippen molar-refractivity contribution in [2.75, 3.05) is 4.90 Å². The quantitative estimate of drug-likeness (QED) is 0.169. The van der Waals surface area contributed by atoms with Crippen molar-refractivity contribution < 1.29 is 0 Å². The molecule has 0 spiro atoms. The average Bonchev–Trinajstić information content (AvgIpc) is 3.50. The van der Waals surface area contributed by atoms with Crippen molar-refractivity contribution in [1.29, 1.82) is 0 Å². The van der Waals surface area contributed by atoms with Crippen LogP contribution in [0, 0.1) is 0 Å². The van der Waals surface area contributed by atoms with Gasteiger partial charge in [0, 0.05) is 22.2 Å². The Morgan fingerprint density at radius 2 is 1.09 bits per heavy atom. The fraction of sp³-hybridized carbons (Fsp3) is 0.154. The van der Waals surface area contributed by atoms with E-state index in [1.807, 2.05) is 0 Å². The second kappa shape index (κ2) is 12.9. The first kappa shape index (κ1) is 31.8. The molecule has 2 aliphatic carbocycles. The molecule has 0 amide bonds. The maximum Gasteiger partial charge on any atom is 0.0543 e. The summed E-state index contributed by atoms with van der Waals surface area (Å²) in [5.41, 5.74) is 13.9. The Hall–Kier alpha value is -5.92. The summed E-state index contributed by atoms with van der Waals surface area (Å²) in [4.78, 5) is 2.55. The minimum absolute atomic E-state index is 0.289. The van der Waals surface area contributed by atoms with E-state index in [-0.39, 0.29) is 5.41 Å². The number of rotatable bonds is 6. The lowest BCUT2D eigenvalue weighted by molar-refractivity contribution is 0.445. The molecular formula is C52H43N. The van der Waals surface area contributed by atoms with Crippen LogP contribution < -0.4 is 4.90 Å². The van der Waals surface area contributed by atoms with Crippen molar-refractivity contribution in [3.63, 3.8) is 0 Å². The van der Waals surface area contributed by atoms with Gasteiger partial charge in [0.1, 0.15) is 0 Å². The van der Waals surface area contributed by atoms with Crippen LogP contribution in [-0.2, 0) is 5.41 Å². The minimum atomic E-state index is -0.289. The molecule has 1 nitrogen and oxygen atoms in total. The summed E-state index contributed by atoms with van der Waals surface area (Å²) < 4.78 is 0. The van der Waals surface area contributed by atoms with Gasteiger partial charge in [-0.05, 0) is 105 Å². The zero-order chi connectivity index (χ0) is 35.4. The Bertz CT molecular complexity index is 2620. The van der Waals surface area contributed by atoms with Gasteiger partial charge in [0.2, 0.25) is 0 Å². The Labute approximate surface area is 313 Å². The van der Waals surface area contributed by atoms with Crippen LogP contribution in [0.1, 0.15) is 67.2 Å². The summed E-state index contributed by atoms with van der Waals surface area (Å²) in [6.07, 6.45) is 6.53. The van der Waals surface area contributed by atoms with E-state index in [0.29, 0.717) is 5.92 Å². The van der Waals surface area contributed by atoms with Gasteiger partial charge in [0.15, 0.2) is 0 Å². The highest BCUT2D eigenvalue weighted by atomic mass is 15.1. The highest BCUT2D eigenvalue weighted by Gasteiger charge is 2.42. The lowest BCUT2D eigenvalue weighted by atomic mass is 9.74. The van der Waals surface area contributed by atoms with Crippen molar-refractivity contribution in [2.24, 2.45) is 0 Å². The monoisotopic (exact) mass is 681 g/mol. The highest BCUT2D eigenvalue weighted by Crippen LogP contribution is 2.57. The van der Waals surface area contributed by atoms with Crippen LogP contribution in [0.3, 0.4) is 0 Å². The average molecular weight is 682 g/mol. The number of benzene rings is 8. The van der Waals surface area contributed by atoms with Crippen molar-refractivity contribution in [1.82, 2.24) is 0 Å². The zero-order valence-electron chi connectivity index (χ0n) is 30.3. The molecule has 8 aromatic carbocycles. The maximum atomic E-state index is 2.55. The lowest BCUT2D eigenvalue weighted by Crippen LogP contribution is -2.22. The molecular weight excluding hydrogens is 639 g/mol. The molecule has 10 rings (SSSR count). The number of hydrogen-bond acceptors (Lipinski definition) is 1. The number of para-hydroxylation sites is 1. The first-order chi connectivity index (χ1) is 26.2. The van der Waals surface area contributed by atoms with Gasteiger partial charge in [0.05, 0.1) is 11.4 Å². The molecule has 0 aromatic heterocycles. The van der Waals surface area contributed by atoms with E-state index in [0.717, 1.165) is 5.69 Å². The maximum absolute atomic E-state index is 2.55. The molecule has 1 unspecified atom stereocenters. The topological polar surface area (TPSA) is 3.24 Å². The van der Waals surface area contributed by atoms with E-state index >= 15 is 0 Å². The first-order valence-electron chi connectivity index (χ1n) is 19.4. The van der Waals surface area contributed by atoms with Crippen molar-refractivity contribution in [3.8, 4) is 22.3 Å². The molecule has 8 aromatic rings. The van der Waals surface area contributed by atoms with Crippen molar-refractivity contribution >= 4 is 38.6 Å². The molecule has 1 fully saturated rings. The molecule has 2 aliphatic rings. The third kappa shape index (κ3) is 5.13. The lowest BCUT2D eigenvalue weighted by Gasteiger charge is -2.32. The Kier molecular flexibility index (Phi) is 7.76. The van der Waals surface area contributed by atoms with Crippen LogP contribution in [0.25, 0.3) is 43.8 Å². The molecule has 1 atom stereocenters. The summed E-state index contributed by atoms with van der Waals surface area (Å²) in [6.45, 7) is 2.41. The Balaban J connectivity index is 1.26. The third-order valence-electron chi connectivity index (χ3n) is 12.3. The van der Waals surface area contributed by atoms with Crippen molar-refractivity contribution in [3.05, 3.63) is 198 Å². The van der Waals surface area contributed by atoms with Gasteiger partial charge in [-0.15, -0.1) is 0 Å². The fourth-order valence-electron chi connectivity index (χ4n) is 9.76. The molecule has 1 heteroatoms. The second-order valence-electron chi connectivity index (χ2n) is 15.2. The summed E-state index contributed by atoms with van der Waals surface area (Å²) in [7, 11) is 0. The normalized spacial score (nSPS) is 16.8. The second-order valence-corrected chi connectivity index (χ2v) is 15.2. The summed E-state index contributed by atoms with van der Waals surface area (Å²) in [5.74, 6) is 0.599. The van der Waals surface area contributed by atoms with Gasteiger partial charge in [-0.1, -0.05) is 171 Å². The van der Waals surface area contributed by atoms with Crippen LogP contribution in [0.4, 0.5) is 17.1 Å². The van der Waals surface area contributed by atoms with E-state index in [4.69, 9.17) is 0 Å². The van der Waals surface area contributed by atoms with Gasteiger partial charge in [-0.3, -0.25) is 0 Å². The smallest absolute Gasteiger partial charge is 0.0543 e. The third-order valence-corrected chi connectivity index (χ3v) is 12.3. The van der Waals surface area contributed by atoms with Gasteiger partial charge < -0.3 is 4.90 Å². The predicted octanol–water partition coefficient (Wildman–Crippen LogP) is 14.5. The van der Waals surface area contributed by atoms with Crippen molar-refractivity contribution in [2.45, 2.75) is 50.4 Å². The van der Waals surface area contributed by atoms with Gasteiger partial charge in [-0.2, -0.15) is 0 Å². The van der Waals surface area contributed by atoms with Crippen LogP contribution in [0.2, 0.25) is 0 Å². The molecule has 0 heterocycles. The number of hydrogen-bond donors (Lipinski definition) is 0.